The van der Waals surface area contributed by atoms with Crippen LogP contribution in [0.3, 0.4) is 0 Å². The predicted molar refractivity (Wildman–Crippen MR) is 196 cm³/mol. The predicted octanol–water partition coefficient (Wildman–Crippen LogP) is 4.97. The number of aromatic nitrogens is 1. The van der Waals surface area contributed by atoms with Crippen molar-refractivity contribution in [3.05, 3.63) is 119 Å². The van der Waals surface area contributed by atoms with Gasteiger partial charge in [0.1, 0.15) is 0 Å². The molecule has 44 heavy (non-hydrogen) atoms. The second kappa shape index (κ2) is 6.68. The molecule has 1 aromatic heterocycles. The number of anilines is 1. The third kappa shape index (κ3) is 2.07. The van der Waals surface area contributed by atoms with Crippen LogP contribution in [0.15, 0.2) is 97.1 Å². The number of hydrogen-bond donors (Lipinski definition) is 1. The van der Waals surface area contributed by atoms with Crippen molar-refractivity contribution >= 4 is 88.0 Å². The van der Waals surface area contributed by atoms with Crippen LogP contribution in [0.5, 0.6) is 0 Å². The van der Waals surface area contributed by atoms with E-state index in [1.54, 1.807) is 16.2 Å². The average molecular weight is 575 g/mol. The summed E-state index contributed by atoms with van der Waals surface area (Å²) >= 11 is 0. The molecule has 4 fully saturated rings. The van der Waals surface area contributed by atoms with Gasteiger partial charge in [0, 0.05) is 0 Å². The average Bonchev–Trinajstić information content (AvgIpc) is 3.60. The third-order valence-corrected chi connectivity index (χ3v) is 20.5. The normalized spacial score (nSPS) is 22.2. The fraction of sp³-hybridized carbons (Fsp3) is 0.167. The molecular weight excluding hydrogens is 545 g/mol. The fourth-order valence-electron chi connectivity index (χ4n) is 11.4. The maximum absolute atomic E-state index is 4.32. The first-order chi connectivity index (χ1) is 21.3. The van der Waals surface area contributed by atoms with Crippen LogP contribution in [0.2, 0.25) is 0 Å². The molecule has 8 heteroatoms. The summed E-state index contributed by atoms with van der Waals surface area (Å²) < 4.78 is 2.70. The standard InChI is InChI=1S/C36H29B5N2P/c1-35(2)23-13-8-14-24-31(23)38-32-25(35)15-9-17-28(32)43-27-16-10-18-29(30(27)22-19-20-26(36(24,3)4)33(38)34(22)43)44(39-37-40(44)41(39)44)42-21-11-6-5-7-12-21/h5-20,42H,1-4H3/q-1. The number of rotatable bonds is 3. The zero-order valence-corrected chi connectivity index (χ0v) is 26.4. The molecule has 204 valence electrons. The van der Waals surface area contributed by atoms with Gasteiger partial charge in [-0.3, -0.25) is 0 Å². The number of nitrogens with zero attached hydrogens (tertiary/aromatic N) is 1. The van der Waals surface area contributed by atoms with Crippen molar-refractivity contribution in [3.63, 3.8) is 0 Å². The van der Waals surface area contributed by atoms with Gasteiger partial charge in [-0.25, -0.2) is 0 Å². The van der Waals surface area contributed by atoms with E-state index in [0.717, 1.165) is 18.6 Å². The summed E-state index contributed by atoms with van der Waals surface area (Å²) in [7, 11) is 2.65. The summed E-state index contributed by atoms with van der Waals surface area (Å²) in [5.41, 5.74) is 16.1. The zero-order valence-electron chi connectivity index (χ0n) is 25.5. The van der Waals surface area contributed by atoms with Gasteiger partial charge in [0.05, 0.1) is 0 Å². The van der Waals surface area contributed by atoms with E-state index in [2.05, 4.69) is 141 Å². The van der Waals surface area contributed by atoms with Crippen molar-refractivity contribution in [3.8, 4) is 5.69 Å². The van der Waals surface area contributed by atoms with Gasteiger partial charge in [-0.1, -0.05) is 0 Å². The molecule has 0 atom stereocenters. The number of para-hydroxylation sites is 1. The van der Waals surface area contributed by atoms with E-state index in [-0.39, 0.29) is 17.5 Å². The molecule has 8 heterocycles. The Morgan fingerprint density at radius 3 is 1.98 bits per heavy atom. The summed E-state index contributed by atoms with van der Waals surface area (Å²) in [6, 6.07) is 37.7. The van der Waals surface area contributed by atoms with E-state index in [4.69, 9.17) is 0 Å². The summed E-state index contributed by atoms with van der Waals surface area (Å²) in [6.07, 6.45) is 0.104. The van der Waals surface area contributed by atoms with Crippen molar-refractivity contribution < 1.29 is 0 Å². The van der Waals surface area contributed by atoms with Crippen LogP contribution in [-0.4, -0.2) is 37.0 Å². The Labute approximate surface area is 260 Å². The van der Waals surface area contributed by atoms with E-state index in [0.29, 0.717) is 0 Å². The topological polar surface area (TPSA) is 17.0 Å². The van der Waals surface area contributed by atoms with Gasteiger partial charge in [0.15, 0.2) is 0 Å². The first-order valence-corrected chi connectivity index (χ1v) is 18.8. The minimum absolute atomic E-state index is 0.0538. The van der Waals surface area contributed by atoms with Crippen LogP contribution in [0.25, 0.3) is 27.5 Å². The minimum atomic E-state index is -2.24. The van der Waals surface area contributed by atoms with Crippen LogP contribution in [0.4, 0.5) is 5.69 Å². The van der Waals surface area contributed by atoms with Gasteiger partial charge in [-0.15, -0.1) is 0 Å². The van der Waals surface area contributed by atoms with E-state index < -0.39 is 6.39 Å². The molecule has 2 nitrogen and oxygen atoms in total. The van der Waals surface area contributed by atoms with E-state index >= 15 is 0 Å². The molecule has 2 radical (unpaired) electrons. The Hall–Kier alpha value is -3.55. The summed E-state index contributed by atoms with van der Waals surface area (Å²) in [6.45, 7) is 10.1. The second-order valence-electron chi connectivity index (χ2n) is 15.6. The summed E-state index contributed by atoms with van der Waals surface area (Å²) in [5, 5.41) is 8.93. The third-order valence-electron chi connectivity index (χ3n) is 13.5. The van der Waals surface area contributed by atoms with Crippen molar-refractivity contribution in [1.82, 2.24) is 4.57 Å². The van der Waals surface area contributed by atoms with Crippen molar-refractivity contribution in [2.45, 2.75) is 38.5 Å². The van der Waals surface area contributed by atoms with Crippen LogP contribution in [0, 0.1) is 0 Å². The van der Waals surface area contributed by atoms with Gasteiger partial charge in [-0.2, -0.15) is 0 Å². The Morgan fingerprint density at radius 2 is 1.30 bits per heavy atom. The van der Waals surface area contributed by atoms with Crippen LogP contribution >= 0.6 is 6.39 Å². The fourth-order valence-corrected chi connectivity index (χ4v) is 19.7. The molecule has 1 N–H and O–H groups in total. The number of hydrogen-bond acceptors (Lipinski definition) is 1. The number of nitrogens with one attached hydrogen (secondary N) is 1. The molecule has 0 amide bonds. The van der Waals surface area contributed by atoms with Gasteiger partial charge >= 0.3 is 261 Å². The first kappa shape index (κ1) is 23.8. The molecule has 5 aromatic carbocycles. The summed E-state index contributed by atoms with van der Waals surface area (Å²) in [5.74, 6) is 0. The van der Waals surface area contributed by atoms with Crippen molar-refractivity contribution in [2.24, 2.45) is 0 Å². The van der Waals surface area contributed by atoms with Gasteiger partial charge in [0.25, 0.3) is 0 Å². The molecule has 7 aliphatic rings. The Kier molecular flexibility index (Phi) is 3.61. The van der Waals surface area contributed by atoms with E-state index in [9.17, 15) is 0 Å². The van der Waals surface area contributed by atoms with Crippen molar-refractivity contribution in [1.29, 1.82) is 0 Å². The van der Waals surface area contributed by atoms with E-state index in [1.165, 1.54) is 60.9 Å². The number of benzene rings is 5. The van der Waals surface area contributed by atoms with Crippen LogP contribution in [0.1, 0.15) is 49.9 Å². The van der Waals surface area contributed by atoms with Gasteiger partial charge in [-0.05, 0) is 0 Å². The van der Waals surface area contributed by atoms with E-state index in [1.807, 2.05) is 0 Å². The zero-order chi connectivity index (χ0) is 29.1. The molecule has 0 aliphatic carbocycles. The van der Waals surface area contributed by atoms with Crippen LogP contribution in [-0.2, 0) is 10.8 Å². The number of fused-ring (bicyclic) bond motifs is 4. The van der Waals surface area contributed by atoms with Crippen LogP contribution < -0.4 is 26.8 Å². The molecule has 2 bridgehead atoms. The summed E-state index contributed by atoms with van der Waals surface area (Å²) in [4.78, 5) is 0. The molecule has 0 saturated carbocycles. The molecule has 0 spiro atoms. The van der Waals surface area contributed by atoms with Gasteiger partial charge in [0.2, 0.25) is 0 Å². The maximum atomic E-state index is 4.32. The van der Waals surface area contributed by atoms with Gasteiger partial charge < -0.3 is 0 Å². The Balaban J connectivity index is 1.25. The molecular formula is C36H29B5N2P-. The Morgan fingerprint density at radius 1 is 0.659 bits per heavy atom. The quantitative estimate of drug-likeness (QED) is 0.233. The monoisotopic (exact) mass is 575 g/mol. The SMILES string of the molecule is CC1(C)c2cccc3c2B2c4c1cccc4C(C)(C)c1ccc4c5c(P67(Nc8ccccc8)B8[B-]B6B87)cccc5n-3c4c12. The Bertz CT molecular complexity index is 2380. The first-order valence-electron chi connectivity index (χ1n) is 16.4. The molecule has 13 rings (SSSR count). The molecule has 0 unspecified atom stereocenters. The molecule has 6 aromatic rings. The molecule has 4 saturated heterocycles. The van der Waals surface area contributed by atoms with Crippen molar-refractivity contribution in [2.75, 3.05) is 5.09 Å². The second-order valence-corrected chi connectivity index (χ2v) is 20.8. The molecule has 7 aliphatic heterocycles.